The number of fused-ring (bicyclic) bond motifs is 1. The van der Waals surface area contributed by atoms with E-state index in [1.807, 2.05) is 18.2 Å². The summed E-state index contributed by atoms with van der Waals surface area (Å²) in [5.41, 5.74) is 0.686. The number of anilines is 2. The van der Waals surface area contributed by atoms with E-state index in [0.29, 0.717) is 27.8 Å². The van der Waals surface area contributed by atoms with E-state index >= 15 is 0 Å². The van der Waals surface area contributed by atoms with E-state index in [0.717, 1.165) is 43.2 Å². The van der Waals surface area contributed by atoms with E-state index in [2.05, 4.69) is 24.8 Å². The first-order chi connectivity index (χ1) is 14.2. The van der Waals surface area contributed by atoms with Gasteiger partial charge < -0.3 is 24.0 Å². The third kappa shape index (κ3) is 3.44. The normalized spacial score (nSPS) is 14.2. The molecule has 1 aromatic carbocycles. The Morgan fingerprint density at radius 2 is 1.55 bits per heavy atom. The van der Waals surface area contributed by atoms with Crippen molar-refractivity contribution in [3.63, 3.8) is 0 Å². The van der Waals surface area contributed by atoms with Crippen molar-refractivity contribution < 1.29 is 14.2 Å². The highest BCUT2D eigenvalue weighted by Gasteiger charge is 2.25. The quantitative estimate of drug-likeness (QED) is 0.629. The minimum absolute atomic E-state index is 0.516. The van der Waals surface area contributed by atoms with Gasteiger partial charge in [0, 0.05) is 32.4 Å². The lowest BCUT2D eigenvalue weighted by Crippen LogP contribution is -2.47. The van der Waals surface area contributed by atoms with Crippen molar-refractivity contribution in [2.75, 3.05) is 57.3 Å². The molecule has 0 N–H and O–H groups in total. The van der Waals surface area contributed by atoms with Crippen LogP contribution in [0.4, 0.5) is 11.6 Å². The van der Waals surface area contributed by atoms with Crippen LogP contribution in [0.3, 0.4) is 0 Å². The van der Waals surface area contributed by atoms with Crippen molar-refractivity contribution in [3.8, 4) is 17.2 Å². The summed E-state index contributed by atoms with van der Waals surface area (Å²) in [5, 5.41) is 1.52. The summed E-state index contributed by atoms with van der Waals surface area (Å²) >= 11 is 6.31. The molecule has 0 aliphatic carbocycles. The van der Waals surface area contributed by atoms with Gasteiger partial charge in [-0.2, -0.15) is 0 Å². The number of methoxy groups -OCH3 is 3. The molecule has 0 atom stereocenters. The summed E-state index contributed by atoms with van der Waals surface area (Å²) < 4.78 is 16.6. The van der Waals surface area contributed by atoms with Crippen LogP contribution in [-0.4, -0.2) is 62.5 Å². The van der Waals surface area contributed by atoms with Gasteiger partial charge in [-0.1, -0.05) is 11.6 Å². The number of nitrogens with zero attached hydrogens (tertiary/aromatic N) is 5. The van der Waals surface area contributed by atoms with Gasteiger partial charge in [-0.05, 0) is 18.2 Å². The maximum atomic E-state index is 6.31. The second-order valence-corrected chi connectivity index (χ2v) is 6.93. The first kappa shape index (κ1) is 19.3. The van der Waals surface area contributed by atoms with E-state index in [9.17, 15) is 0 Å². The summed E-state index contributed by atoms with van der Waals surface area (Å²) in [6.45, 7) is 3.12. The molecule has 0 spiro atoms. The van der Waals surface area contributed by atoms with Crippen molar-refractivity contribution in [2.24, 2.45) is 0 Å². The molecule has 0 saturated carbocycles. The summed E-state index contributed by atoms with van der Waals surface area (Å²) in [4.78, 5) is 17.8. The molecule has 0 unspecified atom stereocenters. The fourth-order valence-corrected chi connectivity index (χ4v) is 3.88. The molecule has 3 heterocycles. The molecule has 1 aliphatic heterocycles. The zero-order chi connectivity index (χ0) is 20.4. The average molecular weight is 416 g/mol. The Hall–Kier alpha value is -3.00. The average Bonchev–Trinajstić information content (AvgIpc) is 2.77. The maximum Gasteiger partial charge on any atom is 0.205 e. The van der Waals surface area contributed by atoms with Gasteiger partial charge in [0.25, 0.3) is 0 Å². The number of benzene rings is 1. The summed E-state index contributed by atoms with van der Waals surface area (Å²) in [7, 11) is 4.77. The summed E-state index contributed by atoms with van der Waals surface area (Å²) in [6.07, 6.45) is 3.31. The number of rotatable bonds is 5. The Morgan fingerprint density at radius 1 is 0.862 bits per heavy atom. The lowest BCUT2D eigenvalue weighted by atomic mass is 10.1. The lowest BCUT2D eigenvalue weighted by molar-refractivity contribution is 0.327. The highest BCUT2D eigenvalue weighted by Crippen LogP contribution is 2.44. The minimum Gasteiger partial charge on any atom is -0.493 e. The fraction of sp³-hybridized carbons (Fsp3) is 0.350. The Balaban J connectivity index is 1.68. The van der Waals surface area contributed by atoms with Gasteiger partial charge in [-0.25, -0.2) is 15.0 Å². The van der Waals surface area contributed by atoms with Crippen LogP contribution in [0.2, 0.25) is 5.02 Å². The molecule has 152 valence electrons. The van der Waals surface area contributed by atoms with Gasteiger partial charge in [0.05, 0.1) is 31.7 Å². The lowest BCUT2D eigenvalue weighted by Gasteiger charge is -2.36. The third-order valence-corrected chi connectivity index (χ3v) is 5.32. The van der Waals surface area contributed by atoms with Crippen LogP contribution in [0.15, 0.2) is 30.7 Å². The van der Waals surface area contributed by atoms with Crippen molar-refractivity contribution >= 4 is 34.1 Å². The second kappa shape index (κ2) is 8.16. The van der Waals surface area contributed by atoms with Crippen LogP contribution in [0, 0.1) is 0 Å². The third-order valence-electron chi connectivity index (χ3n) is 5.03. The minimum atomic E-state index is 0.516. The van der Waals surface area contributed by atoms with Crippen molar-refractivity contribution in [2.45, 2.75) is 0 Å². The zero-order valence-corrected chi connectivity index (χ0v) is 17.3. The van der Waals surface area contributed by atoms with Crippen LogP contribution in [0.1, 0.15) is 0 Å². The van der Waals surface area contributed by atoms with E-state index in [-0.39, 0.29) is 0 Å². The van der Waals surface area contributed by atoms with Crippen LogP contribution in [0.25, 0.3) is 10.9 Å². The molecule has 3 aromatic rings. The smallest absolute Gasteiger partial charge is 0.205 e. The number of aromatic nitrogens is 3. The van der Waals surface area contributed by atoms with Crippen LogP contribution >= 0.6 is 11.6 Å². The Kier molecular flexibility index (Phi) is 5.44. The second-order valence-electron chi connectivity index (χ2n) is 6.52. The fourth-order valence-electron chi connectivity index (χ4n) is 3.64. The van der Waals surface area contributed by atoms with Gasteiger partial charge >= 0.3 is 0 Å². The standard InChI is InChI=1S/C20H22ClN5O3/c1-27-15-11-13-16(18(29-3)17(15)28-2)23-12-24-19(13)25-7-9-26(10-8-25)20-14(21)5-4-6-22-20/h4-6,11-12H,7-10H2,1-3H3. The highest BCUT2D eigenvalue weighted by molar-refractivity contribution is 6.32. The number of halogens is 1. The largest absolute Gasteiger partial charge is 0.493 e. The Bertz CT molecular complexity index is 1020. The van der Waals surface area contributed by atoms with Crippen LogP contribution in [-0.2, 0) is 0 Å². The van der Waals surface area contributed by atoms with E-state index in [1.165, 1.54) is 0 Å². The van der Waals surface area contributed by atoms with Crippen molar-refractivity contribution in [3.05, 3.63) is 35.7 Å². The zero-order valence-electron chi connectivity index (χ0n) is 16.6. The Labute approximate surface area is 174 Å². The molecule has 9 heteroatoms. The molecule has 0 bridgehead atoms. The first-order valence-electron chi connectivity index (χ1n) is 9.22. The summed E-state index contributed by atoms with van der Waals surface area (Å²) in [6, 6.07) is 5.60. The van der Waals surface area contributed by atoms with E-state index < -0.39 is 0 Å². The van der Waals surface area contributed by atoms with Crippen molar-refractivity contribution in [1.29, 1.82) is 0 Å². The van der Waals surface area contributed by atoms with Gasteiger partial charge in [-0.3, -0.25) is 0 Å². The molecule has 2 aromatic heterocycles. The van der Waals surface area contributed by atoms with Gasteiger partial charge in [0.2, 0.25) is 5.75 Å². The maximum absolute atomic E-state index is 6.31. The number of hydrogen-bond donors (Lipinski definition) is 0. The molecule has 0 amide bonds. The molecule has 1 aliphatic rings. The molecule has 29 heavy (non-hydrogen) atoms. The molecular formula is C20H22ClN5O3. The van der Waals surface area contributed by atoms with Crippen LogP contribution < -0.4 is 24.0 Å². The van der Waals surface area contributed by atoms with Gasteiger partial charge in [-0.15, -0.1) is 0 Å². The van der Waals surface area contributed by atoms with E-state index in [4.69, 9.17) is 25.8 Å². The molecule has 1 fully saturated rings. The number of ether oxygens (including phenoxy) is 3. The number of piperazine rings is 1. The van der Waals surface area contributed by atoms with Gasteiger partial charge in [0.15, 0.2) is 11.5 Å². The first-order valence-corrected chi connectivity index (χ1v) is 9.59. The topological polar surface area (TPSA) is 72.8 Å². The predicted molar refractivity (Wildman–Crippen MR) is 113 cm³/mol. The molecule has 8 nitrogen and oxygen atoms in total. The molecular weight excluding hydrogens is 394 g/mol. The molecule has 4 rings (SSSR count). The van der Waals surface area contributed by atoms with Crippen LogP contribution in [0.5, 0.6) is 17.2 Å². The van der Waals surface area contributed by atoms with Crippen molar-refractivity contribution in [1.82, 2.24) is 15.0 Å². The molecule has 1 saturated heterocycles. The van der Waals surface area contributed by atoms with Gasteiger partial charge in [0.1, 0.15) is 23.5 Å². The highest BCUT2D eigenvalue weighted by atomic mass is 35.5. The number of pyridine rings is 1. The molecule has 0 radical (unpaired) electrons. The SMILES string of the molecule is COc1cc2c(N3CCN(c4ncccc4Cl)CC3)ncnc2c(OC)c1OC. The summed E-state index contributed by atoms with van der Waals surface area (Å²) in [5.74, 6) is 3.27. The monoisotopic (exact) mass is 415 g/mol. The Morgan fingerprint density at radius 3 is 2.17 bits per heavy atom. The number of hydrogen-bond acceptors (Lipinski definition) is 8. The predicted octanol–water partition coefficient (Wildman–Crippen LogP) is 3.03. The van der Waals surface area contributed by atoms with E-state index in [1.54, 1.807) is 33.9 Å².